The quantitative estimate of drug-likeness (QED) is 0.779. The van der Waals surface area contributed by atoms with Crippen molar-refractivity contribution in [2.45, 2.75) is 31.8 Å². The fourth-order valence-corrected chi connectivity index (χ4v) is 3.96. The zero-order valence-corrected chi connectivity index (χ0v) is 15.9. The van der Waals surface area contributed by atoms with E-state index in [0.717, 1.165) is 23.8 Å². The van der Waals surface area contributed by atoms with Crippen molar-refractivity contribution in [1.29, 1.82) is 0 Å². The maximum absolute atomic E-state index is 12.4. The van der Waals surface area contributed by atoms with Crippen molar-refractivity contribution in [3.8, 4) is 5.75 Å². The van der Waals surface area contributed by atoms with Gasteiger partial charge in [0.2, 0.25) is 0 Å². The van der Waals surface area contributed by atoms with Crippen LogP contribution >= 0.6 is 11.3 Å². The van der Waals surface area contributed by atoms with Crippen LogP contribution < -0.4 is 15.8 Å². The lowest BCUT2D eigenvalue weighted by atomic mass is 10.0. The van der Waals surface area contributed by atoms with Crippen molar-refractivity contribution >= 4 is 17.2 Å². The summed E-state index contributed by atoms with van der Waals surface area (Å²) in [5, 5.41) is 5.59. The van der Waals surface area contributed by atoms with E-state index in [1.165, 1.54) is 36.2 Å². The van der Waals surface area contributed by atoms with E-state index in [0.29, 0.717) is 18.8 Å². The Morgan fingerprint density at radius 1 is 1.31 bits per heavy atom. The second kappa shape index (κ2) is 9.12. The first-order valence-corrected chi connectivity index (χ1v) is 9.90. The molecule has 0 spiro atoms. The summed E-state index contributed by atoms with van der Waals surface area (Å²) in [5.74, 6) is 0.698. The molecule has 0 bridgehead atoms. The summed E-state index contributed by atoms with van der Waals surface area (Å²) in [6, 6.07) is 8.27. The summed E-state index contributed by atoms with van der Waals surface area (Å²) in [7, 11) is 1.67. The number of hydrogen-bond acceptors (Lipinski definition) is 6. The Hall–Kier alpha value is -1.96. The van der Waals surface area contributed by atoms with Crippen LogP contribution in [-0.4, -0.2) is 42.5 Å². The summed E-state index contributed by atoms with van der Waals surface area (Å²) in [6.45, 7) is 3.03. The average molecular weight is 375 g/mol. The third kappa shape index (κ3) is 4.60. The maximum Gasteiger partial charge on any atom is 0.270 e. The third-order valence-corrected chi connectivity index (χ3v) is 5.62. The van der Waals surface area contributed by atoms with Crippen LogP contribution in [0.2, 0.25) is 0 Å². The molecule has 1 saturated heterocycles. The molecule has 7 heteroatoms. The molecule has 0 radical (unpaired) electrons. The van der Waals surface area contributed by atoms with Crippen molar-refractivity contribution in [2.75, 3.05) is 26.7 Å². The van der Waals surface area contributed by atoms with E-state index in [-0.39, 0.29) is 11.9 Å². The molecule has 1 amide bonds. The topological polar surface area (TPSA) is 80.5 Å². The molecule has 1 aliphatic rings. The number of nitrogens with zero attached hydrogens (tertiary/aromatic N) is 2. The smallest absolute Gasteiger partial charge is 0.270 e. The number of amides is 1. The van der Waals surface area contributed by atoms with Gasteiger partial charge in [-0.15, -0.1) is 11.3 Å². The Morgan fingerprint density at radius 2 is 2.04 bits per heavy atom. The number of thiazole rings is 1. The van der Waals surface area contributed by atoms with Gasteiger partial charge in [-0.05, 0) is 43.6 Å². The molecule has 140 valence electrons. The molecular formula is C19H26N4O2S. The molecule has 0 aliphatic carbocycles. The van der Waals surface area contributed by atoms with Gasteiger partial charge in [0.15, 0.2) is 0 Å². The van der Waals surface area contributed by atoms with Crippen LogP contribution in [0.4, 0.5) is 0 Å². The standard InChI is InChI=1S/C19H26N4O2S/c1-25-15-7-5-14(6-8-15)17(23-9-3-2-4-10-23)12-21-19(24)16-13-26-18(11-20)22-16/h5-8,13,17H,2-4,9-12,20H2,1H3,(H,21,24). The number of benzene rings is 1. The Morgan fingerprint density at radius 3 is 2.65 bits per heavy atom. The molecule has 1 atom stereocenters. The highest BCUT2D eigenvalue weighted by Crippen LogP contribution is 2.26. The maximum atomic E-state index is 12.4. The number of likely N-dealkylation sites (tertiary alicyclic amines) is 1. The van der Waals surface area contributed by atoms with Gasteiger partial charge in [0.1, 0.15) is 16.5 Å². The number of nitrogens with one attached hydrogen (secondary N) is 1. The zero-order valence-electron chi connectivity index (χ0n) is 15.1. The second-order valence-electron chi connectivity index (χ2n) is 6.43. The summed E-state index contributed by atoms with van der Waals surface area (Å²) in [5.41, 5.74) is 7.22. The van der Waals surface area contributed by atoms with Gasteiger partial charge < -0.3 is 15.8 Å². The van der Waals surface area contributed by atoms with Crippen LogP contribution in [0.25, 0.3) is 0 Å². The average Bonchev–Trinajstić information content (AvgIpc) is 3.19. The lowest BCUT2D eigenvalue weighted by Crippen LogP contribution is -2.40. The van der Waals surface area contributed by atoms with E-state index >= 15 is 0 Å². The molecule has 26 heavy (non-hydrogen) atoms. The van der Waals surface area contributed by atoms with Crippen molar-refractivity contribution < 1.29 is 9.53 Å². The van der Waals surface area contributed by atoms with Gasteiger partial charge in [-0.25, -0.2) is 4.98 Å². The molecule has 3 N–H and O–H groups in total. The predicted octanol–water partition coefficient (Wildman–Crippen LogP) is 2.57. The third-order valence-electron chi connectivity index (χ3n) is 4.75. The van der Waals surface area contributed by atoms with Gasteiger partial charge in [-0.3, -0.25) is 9.69 Å². The summed E-state index contributed by atoms with van der Waals surface area (Å²) in [4.78, 5) is 19.2. The summed E-state index contributed by atoms with van der Waals surface area (Å²) >= 11 is 1.42. The van der Waals surface area contributed by atoms with Crippen molar-refractivity contribution in [3.05, 3.63) is 45.9 Å². The second-order valence-corrected chi connectivity index (χ2v) is 7.37. The van der Waals surface area contributed by atoms with Crippen molar-refractivity contribution in [1.82, 2.24) is 15.2 Å². The molecule has 1 unspecified atom stereocenters. The summed E-state index contributed by atoms with van der Waals surface area (Å²) < 4.78 is 5.26. The first-order chi connectivity index (χ1) is 12.7. The van der Waals surface area contributed by atoms with E-state index in [1.54, 1.807) is 12.5 Å². The molecule has 3 rings (SSSR count). The first kappa shape index (κ1) is 18.8. The molecule has 6 nitrogen and oxygen atoms in total. The van der Waals surface area contributed by atoms with Crippen molar-refractivity contribution in [3.63, 3.8) is 0 Å². The number of aromatic nitrogens is 1. The van der Waals surface area contributed by atoms with E-state index in [4.69, 9.17) is 10.5 Å². The van der Waals surface area contributed by atoms with E-state index in [2.05, 4.69) is 27.3 Å². The largest absolute Gasteiger partial charge is 0.497 e. The van der Waals surface area contributed by atoms with E-state index < -0.39 is 0 Å². The fourth-order valence-electron chi connectivity index (χ4n) is 3.30. The van der Waals surface area contributed by atoms with Crippen LogP contribution in [0.1, 0.15) is 46.4 Å². The normalized spacial score (nSPS) is 16.2. The predicted molar refractivity (Wildman–Crippen MR) is 103 cm³/mol. The Bertz CT molecular complexity index is 711. The van der Waals surface area contributed by atoms with Crippen molar-refractivity contribution in [2.24, 2.45) is 5.73 Å². The first-order valence-electron chi connectivity index (χ1n) is 9.02. The minimum absolute atomic E-state index is 0.142. The van der Waals surface area contributed by atoms with Gasteiger partial charge >= 0.3 is 0 Å². The number of methoxy groups -OCH3 is 1. The Kier molecular flexibility index (Phi) is 6.60. The van der Waals surface area contributed by atoms with Crippen LogP contribution in [0, 0.1) is 0 Å². The Balaban J connectivity index is 1.71. The van der Waals surface area contributed by atoms with Gasteiger partial charge in [-0.2, -0.15) is 0 Å². The molecule has 2 aromatic rings. The zero-order chi connectivity index (χ0) is 18.4. The minimum atomic E-state index is -0.142. The van der Waals surface area contributed by atoms with Gasteiger partial charge in [-0.1, -0.05) is 18.6 Å². The number of ether oxygens (including phenoxy) is 1. The number of carbonyl (C=O) groups excluding carboxylic acids is 1. The minimum Gasteiger partial charge on any atom is -0.497 e. The lowest BCUT2D eigenvalue weighted by molar-refractivity contribution is 0.0920. The van der Waals surface area contributed by atoms with Crippen LogP contribution in [-0.2, 0) is 6.54 Å². The molecule has 1 aromatic carbocycles. The molecule has 1 fully saturated rings. The highest BCUT2D eigenvalue weighted by Gasteiger charge is 2.23. The van der Waals surface area contributed by atoms with E-state index in [9.17, 15) is 4.79 Å². The molecule has 1 aliphatic heterocycles. The van der Waals surface area contributed by atoms with Crippen LogP contribution in [0.15, 0.2) is 29.6 Å². The Labute approximate surface area is 158 Å². The number of hydrogen-bond donors (Lipinski definition) is 2. The number of piperidine rings is 1. The molecule has 1 aromatic heterocycles. The summed E-state index contributed by atoms with van der Waals surface area (Å²) in [6.07, 6.45) is 3.68. The van der Waals surface area contributed by atoms with Crippen LogP contribution in [0.3, 0.4) is 0 Å². The highest BCUT2D eigenvalue weighted by atomic mass is 32.1. The van der Waals surface area contributed by atoms with Gasteiger partial charge in [0.25, 0.3) is 5.91 Å². The molecule has 2 heterocycles. The van der Waals surface area contributed by atoms with Crippen LogP contribution in [0.5, 0.6) is 5.75 Å². The van der Waals surface area contributed by atoms with Gasteiger partial charge in [0, 0.05) is 18.5 Å². The number of carbonyl (C=O) groups is 1. The SMILES string of the molecule is COc1ccc(C(CNC(=O)c2csc(CN)n2)N2CCCCC2)cc1. The highest BCUT2D eigenvalue weighted by molar-refractivity contribution is 7.09. The molecule has 0 saturated carbocycles. The lowest BCUT2D eigenvalue weighted by Gasteiger charge is -2.35. The number of nitrogens with two attached hydrogens (primary N) is 1. The number of rotatable bonds is 7. The monoisotopic (exact) mass is 374 g/mol. The fraction of sp³-hybridized carbons (Fsp3) is 0.474. The van der Waals surface area contributed by atoms with E-state index in [1.807, 2.05) is 12.1 Å². The van der Waals surface area contributed by atoms with Gasteiger partial charge in [0.05, 0.1) is 13.2 Å². The molecular weight excluding hydrogens is 348 g/mol.